The number of rotatable bonds is 6. The SMILES string of the molecule is CC(C)N(CCCO)c1nnc(CCl)o1. The van der Waals surface area contributed by atoms with Crippen molar-refractivity contribution in [3.05, 3.63) is 5.89 Å². The van der Waals surface area contributed by atoms with Crippen LogP contribution in [0.3, 0.4) is 0 Å². The number of aliphatic hydroxyl groups excluding tert-OH is 1. The van der Waals surface area contributed by atoms with Gasteiger partial charge < -0.3 is 14.4 Å². The van der Waals surface area contributed by atoms with Crippen molar-refractivity contribution in [3.8, 4) is 0 Å². The third-order valence-electron chi connectivity index (χ3n) is 2.00. The molecule has 5 nitrogen and oxygen atoms in total. The van der Waals surface area contributed by atoms with E-state index in [0.29, 0.717) is 24.9 Å². The highest BCUT2D eigenvalue weighted by atomic mass is 35.5. The van der Waals surface area contributed by atoms with Gasteiger partial charge in [-0.05, 0) is 20.3 Å². The van der Waals surface area contributed by atoms with Crippen LogP contribution >= 0.6 is 11.6 Å². The summed E-state index contributed by atoms with van der Waals surface area (Å²) < 4.78 is 5.34. The van der Waals surface area contributed by atoms with Gasteiger partial charge in [-0.3, -0.25) is 0 Å². The molecular weight excluding hydrogens is 218 g/mol. The Morgan fingerprint density at radius 3 is 2.67 bits per heavy atom. The number of hydrogen-bond acceptors (Lipinski definition) is 5. The lowest BCUT2D eigenvalue weighted by atomic mass is 10.3. The molecule has 1 aromatic heterocycles. The van der Waals surface area contributed by atoms with Crippen LogP contribution in [-0.4, -0.2) is 34.5 Å². The van der Waals surface area contributed by atoms with Gasteiger partial charge in [-0.15, -0.1) is 16.7 Å². The summed E-state index contributed by atoms with van der Waals surface area (Å²) in [5.41, 5.74) is 0. The Morgan fingerprint density at radius 2 is 2.20 bits per heavy atom. The van der Waals surface area contributed by atoms with Crippen molar-refractivity contribution in [1.82, 2.24) is 10.2 Å². The molecule has 0 saturated carbocycles. The quantitative estimate of drug-likeness (QED) is 0.753. The molecule has 0 spiro atoms. The van der Waals surface area contributed by atoms with Crippen LogP contribution < -0.4 is 4.90 Å². The zero-order valence-electron chi connectivity index (χ0n) is 8.98. The van der Waals surface area contributed by atoms with E-state index in [2.05, 4.69) is 10.2 Å². The molecule has 1 aromatic rings. The minimum Gasteiger partial charge on any atom is -0.407 e. The normalized spacial score (nSPS) is 11.0. The first kappa shape index (κ1) is 12.3. The van der Waals surface area contributed by atoms with Crippen molar-refractivity contribution in [3.63, 3.8) is 0 Å². The fourth-order valence-corrected chi connectivity index (χ4v) is 1.34. The molecule has 0 atom stereocenters. The lowest BCUT2D eigenvalue weighted by Gasteiger charge is -2.23. The number of halogens is 1. The van der Waals surface area contributed by atoms with Gasteiger partial charge in [0.2, 0.25) is 5.89 Å². The molecule has 0 unspecified atom stereocenters. The molecule has 0 aromatic carbocycles. The maximum absolute atomic E-state index is 8.78. The average Bonchev–Trinajstić information content (AvgIpc) is 2.66. The predicted octanol–water partition coefficient (Wildman–Crippen LogP) is 1.41. The van der Waals surface area contributed by atoms with Gasteiger partial charge in [-0.2, -0.15) is 0 Å². The second kappa shape index (κ2) is 5.92. The van der Waals surface area contributed by atoms with E-state index in [4.69, 9.17) is 21.1 Å². The first-order chi connectivity index (χ1) is 7.19. The highest BCUT2D eigenvalue weighted by Crippen LogP contribution is 2.16. The van der Waals surface area contributed by atoms with Crippen LogP contribution in [0.15, 0.2) is 4.42 Å². The predicted molar refractivity (Wildman–Crippen MR) is 58.0 cm³/mol. The highest BCUT2D eigenvalue weighted by molar-refractivity contribution is 6.16. The zero-order chi connectivity index (χ0) is 11.3. The summed E-state index contributed by atoms with van der Waals surface area (Å²) in [4.78, 5) is 1.94. The van der Waals surface area contributed by atoms with E-state index < -0.39 is 0 Å². The third-order valence-corrected chi connectivity index (χ3v) is 2.23. The van der Waals surface area contributed by atoms with Gasteiger partial charge in [0.05, 0.1) is 0 Å². The van der Waals surface area contributed by atoms with Crippen LogP contribution in [0.2, 0.25) is 0 Å². The van der Waals surface area contributed by atoms with E-state index in [1.165, 1.54) is 0 Å². The molecule has 1 N–H and O–H groups in total. The summed E-state index contributed by atoms with van der Waals surface area (Å²) in [5, 5.41) is 16.5. The van der Waals surface area contributed by atoms with Crippen LogP contribution in [0, 0.1) is 0 Å². The van der Waals surface area contributed by atoms with Gasteiger partial charge in [0.15, 0.2) is 0 Å². The van der Waals surface area contributed by atoms with Crippen molar-refractivity contribution in [2.45, 2.75) is 32.2 Å². The Kier molecular flexibility index (Phi) is 4.84. The Labute approximate surface area is 94.0 Å². The van der Waals surface area contributed by atoms with Crippen molar-refractivity contribution in [2.75, 3.05) is 18.1 Å². The number of aromatic nitrogens is 2. The van der Waals surface area contributed by atoms with Crippen molar-refractivity contribution >= 4 is 17.6 Å². The maximum Gasteiger partial charge on any atom is 0.318 e. The highest BCUT2D eigenvalue weighted by Gasteiger charge is 2.16. The molecule has 0 radical (unpaired) electrons. The molecule has 0 amide bonds. The van der Waals surface area contributed by atoms with Crippen LogP contribution in [0.5, 0.6) is 0 Å². The topological polar surface area (TPSA) is 62.4 Å². The lowest BCUT2D eigenvalue weighted by molar-refractivity contribution is 0.287. The third kappa shape index (κ3) is 3.35. The summed E-state index contributed by atoms with van der Waals surface area (Å²) in [6.07, 6.45) is 0.677. The van der Waals surface area contributed by atoms with Gasteiger partial charge in [-0.25, -0.2) is 0 Å². The molecule has 1 heterocycles. The molecule has 0 saturated heterocycles. The average molecular weight is 234 g/mol. The molecule has 0 aliphatic carbocycles. The molecule has 86 valence electrons. The number of anilines is 1. The lowest BCUT2D eigenvalue weighted by Crippen LogP contribution is -2.32. The molecule has 6 heteroatoms. The largest absolute Gasteiger partial charge is 0.407 e. The summed E-state index contributed by atoms with van der Waals surface area (Å²) in [6, 6.07) is 0.717. The standard InChI is InChI=1S/C9H16ClN3O2/c1-7(2)13(4-3-5-14)9-12-11-8(6-10)15-9/h7,14H,3-6H2,1-2H3. The molecule has 0 bridgehead atoms. The zero-order valence-corrected chi connectivity index (χ0v) is 9.74. The summed E-state index contributed by atoms with van der Waals surface area (Å²) >= 11 is 5.57. The Morgan fingerprint density at radius 1 is 1.47 bits per heavy atom. The molecule has 15 heavy (non-hydrogen) atoms. The maximum atomic E-state index is 8.78. The first-order valence-corrected chi connectivity index (χ1v) is 5.48. The number of aliphatic hydroxyl groups is 1. The number of nitrogens with zero attached hydrogens (tertiary/aromatic N) is 3. The number of hydrogen-bond donors (Lipinski definition) is 1. The van der Waals surface area contributed by atoms with Gasteiger partial charge >= 0.3 is 6.01 Å². The van der Waals surface area contributed by atoms with Crippen LogP contribution in [0.4, 0.5) is 6.01 Å². The fraction of sp³-hybridized carbons (Fsp3) is 0.778. The summed E-state index contributed by atoms with van der Waals surface area (Å²) in [6.45, 7) is 4.90. The number of alkyl halides is 1. The first-order valence-electron chi connectivity index (χ1n) is 4.95. The van der Waals surface area contributed by atoms with Crippen molar-refractivity contribution < 1.29 is 9.52 Å². The Hall–Kier alpha value is -0.810. The molecule has 0 aliphatic rings. The van der Waals surface area contributed by atoms with Crippen molar-refractivity contribution in [2.24, 2.45) is 0 Å². The van der Waals surface area contributed by atoms with Gasteiger partial charge in [0.25, 0.3) is 0 Å². The Balaban J connectivity index is 2.70. The van der Waals surface area contributed by atoms with Crippen LogP contribution in [0.1, 0.15) is 26.2 Å². The monoisotopic (exact) mass is 233 g/mol. The fourth-order valence-electron chi connectivity index (χ4n) is 1.23. The Bertz CT molecular complexity index is 291. The second-order valence-electron chi connectivity index (χ2n) is 3.48. The van der Waals surface area contributed by atoms with Crippen LogP contribution in [-0.2, 0) is 5.88 Å². The second-order valence-corrected chi connectivity index (χ2v) is 3.74. The van der Waals surface area contributed by atoms with E-state index in [1.54, 1.807) is 0 Å². The molecule has 1 rings (SSSR count). The van der Waals surface area contributed by atoms with Crippen LogP contribution in [0.25, 0.3) is 0 Å². The van der Waals surface area contributed by atoms with Gasteiger partial charge in [0.1, 0.15) is 5.88 Å². The molecule has 0 fully saturated rings. The smallest absolute Gasteiger partial charge is 0.318 e. The molecule has 0 aliphatic heterocycles. The van der Waals surface area contributed by atoms with E-state index in [-0.39, 0.29) is 18.5 Å². The van der Waals surface area contributed by atoms with Gasteiger partial charge in [0, 0.05) is 19.2 Å². The van der Waals surface area contributed by atoms with Gasteiger partial charge in [-0.1, -0.05) is 5.10 Å². The minimum absolute atomic E-state index is 0.153. The minimum atomic E-state index is 0.153. The molecular formula is C9H16ClN3O2. The summed E-state index contributed by atoms with van der Waals surface area (Å²) in [7, 11) is 0. The van der Waals surface area contributed by atoms with E-state index in [0.717, 1.165) is 0 Å². The van der Waals surface area contributed by atoms with Crippen molar-refractivity contribution in [1.29, 1.82) is 0 Å². The van der Waals surface area contributed by atoms with E-state index in [9.17, 15) is 0 Å². The summed E-state index contributed by atoms with van der Waals surface area (Å²) in [5.74, 6) is 0.639. The van der Waals surface area contributed by atoms with E-state index in [1.807, 2.05) is 18.7 Å². The van der Waals surface area contributed by atoms with E-state index >= 15 is 0 Å².